The lowest BCUT2D eigenvalue weighted by Crippen LogP contribution is -2.47. The van der Waals surface area contributed by atoms with Crippen LogP contribution in [0.25, 0.3) is 0 Å². The minimum Gasteiger partial charge on any atom is -0.480 e. The summed E-state index contributed by atoms with van der Waals surface area (Å²) in [5.41, 5.74) is 0.0710. The molecule has 0 aliphatic heterocycles. The first-order valence-electron chi connectivity index (χ1n) is 6.29. The minimum atomic E-state index is -5.27. The second kappa shape index (κ2) is 7.40. The van der Waals surface area contributed by atoms with E-state index in [-0.39, 0.29) is 5.56 Å². The van der Waals surface area contributed by atoms with Crippen molar-refractivity contribution in [1.29, 1.82) is 0 Å². The highest BCUT2D eigenvalue weighted by molar-refractivity contribution is 5.87. The number of nitrogens with one attached hydrogen (secondary N) is 1. The summed E-state index contributed by atoms with van der Waals surface area (Å²) in [5.74, 6) is -7.17. The highest BCUT2D eigenvalue weighted by atomic mass is 19.4. The summed E-state index contributed by atoms with van der Waals surface area (Å²) < 4.78 is 76.5. The van der Waals surface area contributed by atoms with Crippen LogP contribution >= 0.6 is 0 Å². The van der Waals surface area contributed by atoms with Crippen LogP contribution in [-0.4, -0.2) is 41.3 Å². The number of halogens is 6. The average Bonchev–Trinajstić information content (AvgIpc) is 2.46. The third-order valence-electron chi connectivity index (χ3n) is 2.67. The van der Waals surface area contributed by atoms with Crippen molar-refractivity contribution < 1.29 is 50.6 Å². The van der Waals surface area contributed by atoms with Crippen LogP contribution in [0.2, 0.25) is 0 Å². The van der Waals surface area contributed by atoms with Crippen LogP contribution in [0.3, 0.4) is 0 Å². The quantitative estimate of drug-likeness (QED) is 0.467. The number of carbonyl (C=O) groups excluding carboxylic acids is 2. The molecule has 0 heterocycles. The van der Waals surface area contributed by atoms with E-state index in [1.807, 2.05) is 0 Å². The van der Waals surface area contributed by atoms with E-state index in [9.17, 15) is 40.7 Å². The van der Waals surface area contributed by atoms with Gasteiger partial charge in [-0.1, -0.05) is 12.1 Å². The van der Waals surface area contributed by atoms with Crippen molar-refractivity contribution in [2.45, 2.75) is 24.8 Å². The molecule has 0 unspecified atom stereocenters. The molecule has 2 N–H and O–H groups in total. The molecular formula is C13H9F6NO5. The van der Waals surface area contributed by atoms with Gasteiger partial charge in [-0.25, -0.2) is 9.59 Å². The van der Waals surface area contributed by atoms with Crippen molar-refractivity contribution >= 4 is 17.8 Å². The minimum absolute atomic E-state index is 0.0710. The van der Waals surface area contributed by atoms with Gasteiger partial charge in [-0.15, -0.1) is 0 Å². The fourth-order valence-corrected chi connectivity index (χ4v) is 1.53. The number of hydrogen-bond donors (Lipinski definition) is 2. The summed E-state index contributed by atoms with van der Waals surface area (Å²) in [6.45, 7) is 0. The maximum atomic E-state index is 12.1. The van der Waals surface area contributed by atoms with Crippen molar-refractivity contribution in [2.75, 3.05) is 0 Å². The maximum absolute atomic E-state index is 12.1. The van der Waals surface area contributed by atoms with Gasteiger partial charge in [0.05, 0.1) is 0 Å². The molecule has 25 heavy (non-hydrogen) atoms. The Bertz CT molecular complexity index is 652. The summed E-state index contributed by atoms with van der Waals surface area (Å²) in [4.78, 5) is 32.3. The fraction of sp³-hybridized carbons (Fsp3) is 0.308. The van der Waals surface area contributed by atoms with E-state index < -0.39 is 48.4 Å². The van der Waals surface area contributed by atoms with Crippen LogP contribution in [0.15, 0.2) is 24.3 Å². The molecule has 1 rings (SSSR count). The summed E-state index contributed by atoms with van der Waals surface area (Å²) >= 11 is 0. The molecule has 1 aromatic rings. The number of carboxylic acids is 1. The highest BCUT2D eigenvalue weighted by Crippen LogP contribution is 2.21. The molecule has 0 bridgehead atoms. The maximum Gasteiger partial charge on any atom is 0.491 e. The van der Waals surface area contributed by atoms with Crippen molar-refractivity contribution in [1.82, 2.24) is 5.32 Å². The average molecular weight is 373 g/mol. The van der Waals surface area contributed by atoms with Gasteiger partial charge in [-0.2, -0.15) is 26.3 Å². The molecule has 0 spiro atoms. The molecular weight excluding hydrogens is 364 g/mol. The lowest BCUT2D eigenvalue weighted by molar-refractivity contribution is -0.189. The summed E-state index contributed by atoms with van der Waals surface area (Å²) in [6, 6.07) is 1.94. The number of aliphatic carboxylic acids is 1. The summed E-state index contributed by atoms with van der Waals surface area (Å²) in [7, 11) is 0. The largest absolute Gasteiger partial charge is 0.491 e. The van der Waals surface area contributed by atoms with E-state index in [4.69, 9.17) is 5.11 Å². The molecule has 0 fully saturated rings. The Morgan fingerprint density at radius 3 is 1.92 bits per heavy atom. The number of esters is 1. The van der Waals surface area contributed by atoms with E-state index in [2.05, 4.69) is 4.74 Å². The fourth-order valence-electron chi connectivity index (χ4n) is 1.53. The van der Waals surface area contributed by atoms with Crippen molar-refractivity contribution in [3.05, 3.63) is 29.8 Å². The van der Waals surface area contributed by atoms with Crippen LogP contribution in [-0.2, 0) is 20.8 Å². The molecule has 0 aliphatic rings. The Morgan fingerprint density at radius 1 is 1.00 bits per heavy atom. The van der Waals surface area contributed by atoms with Gasteiger partial charge in [0.15, 0.2) is 0 Å². The van der Waals surface area contributed by atoms with Gasteiger partial charge in [0.2, 0.25) is 0 Å². The van der Waals surface area contributed by atoms with Crippen LogP contribution in [0, 0.1) is 0 Å². The van der Waals surface area contributed by atoms with Gasteiger partial charge >= 0.3 is 30.2 Å². The molecule has 1 atom stereocenters. The third kappa shape index (κ3) is 6.31. The number of benzene rings is 1. The number of amides is 1. The number of alkyl halides is 6. The SMILES string of the molecule is O=C(O)[C@@H](Cc1ccc(OC(=O)C(F)(F)F)cc1)NC(=O)C(F)(F)F. The zero-order valence-electron chi connectivity index (χ0n) is 11.9. The Morgan fingerprint density at radius 2 is 1.52 bits per heavy atom. The predicted octanol–water partition coefficient (Wildman–Crippen LogP) is 1.83. The Hall–Kier alpha value is -2.79. The standard InChI is InChI=1S/C13H9F6NO5/c14-12(15,16)10(23)20-8(9(21)22)5-6-1-3-7(4-2-6)25-11(24)13(17,18)19/h1-4,8H,5H2,(H,20,23)(H,21,22)/t8-/m1/s1. The molecule has 138 valence electrons. The second-order valence-corrected chi connectivity index (χ2v) is 4.60. The second-order valence-electron chi connectivity index (χ2n) is 4.60. The van der Waals surface area contributed by atoms with E-state index in [0.29, 0.717) is 0 Å². The molecule has 0 aliphatic carbocycles. The van der Waals surface area contributed by atoms with Crippen LogP contribution in [0.4, 0.5) is 26.3 Å². The van der Waals surface area contributed by atoms with Gasteiger partial charge in [0.1, 0.15) is 11.8 Å². The number of hydrogen-bond acceptors (Lipinski definition) is 4. The Labute approximate surface area is 135 Å². The van der Waals surface area contributed by atoms with E-state index >= 15 is 0 Å². The van der Waals surface area contributed by atoms with Gasteiger partial charge in [-0.3, -0.25) is 4.79 Å². The number of rotatable bonds is 5. The van der Waals surface area contributed by atoms with Gasteiger partial charge in [0.25, 0.3) is 0 Å². The molecule has 0 radical (unpaired) electrons. The van der Waals surface area contributed by atoms with Crippen molar-refractivity contribution in [3.8, 4) is 5.75 Å². The van der Waals surface area contributed by atoms with Gasteiger partial charge < -0.3 is 15.2 Å². The molecule has 12 heteroatoms. The normalized spacial score (nSPS) is 13.0. The Balaban J connectivity index is 2.79. The molecule has 0 aromatic heterocycles. The first kappa shape index (κ1) is 20.3. The van der Waals surface area contributed by atoms with Gasteiger partial charge in [0, 0.05) is 6.42 Å². The molecule has 0 saturated carbocycles. The van der Waals surface area contributed by atoms with Crippen molar-refractivity contribution in [2.24, 2.45) is 0 Å². The van der Waals surface area contributed by atoms with E-state index in [0.717, 1.165) is 24.3 Å². The predicted molar refractivity (Wildman–Crippen MR) is 67.5 cm³/mol. The van der Waals surface area contributed by atoms with Crippen LogP contribution < -0.4 is 10.1 Å². The zero-order valence-corrected chi connectivity index (χ0v) is 11.9. The number of carboxylic acid groups (broad SMARTS) is 1. The summed E-state index contributed by atoms with van der Waals surface area (Å²) in [6.07, 6.45) is -11.1. The van der Waals surface area contributed by atoms with Crippen LogP contribution in [0.1, 0.15) is 5.56 Å². The van der Waals surface area contributed by atoms with E-state index in [1.54, 1.807) is 0 Å². The molecule has 1 aromatic carbocycles. The first-order valence-corrected chi connectivity index (χ1v) is 6.29. The number of carbonyl (C=O) groups is 3. The molecule has 6 nitrogen and oxygen atoms in total. The highest BCUT2D eigenvalue weighted by Gasteiger charge is 2.42. The van der Waals surface area contributed by atoms with Crippen molar-refractivity contribution in [3.63, 3.8) is 0 Å². The van der Waals surface area contributed by atoms with E-state index in [1.165, 1.54) is 5.32 Å². The molecule has 1 amide bonds. The smallest absolute Gasteiger partial charge is 0.480 e. The Kier molecular flexibility index (Phi) is 6.00. The number of ether oxygens (including phenoxy) is 1. The van der Waals surface area contributed by atoms with Crippen LogP contribution in [0.5, 0.6) is 5.75 Å². The van der Waals surface area contributed by atoms with Gasteiger partial charge in [-0.05, 0) is 17.7 Å². The lowest BCUT2D eigenvalue weighted by atomic mass is 10.1. The zero-order chi connectivity index (χ0) is 19.4. The molecule has 0 saturated heterocycles. The lowest BCUT2D eigenvalue weighted by Gasteiger charge is -2.16. The summed E-state index contributed by atoms with van der Waals surface area (Å²) in [5, 5.41) is 10.1. The third-order valence-corrected chi connectivity index (χ3v) is 2.67. The topological polar surface area (TPSA) is 92.7 Å². The monoisotopic (exact) mass is 373 g/mol. The first-order chi connectivity index (χ1) is 11.3.